The van der Waals surface area contributed by atoms with Crippen molar-refractivity contribution in [3.63, 3.8) is 0 Å². The number of amides is 1. The molecule has 0 bridgehead atoms. The summed E-state index contributed by atoms with van der Waals surface area (Å²) in [6.07, 6.45) is 57.7. The molecule has 0 rings (SSSR count). The summed E-state index contributed by atoms with van der Waals surface area (Å²) in [5.41, 5.74) is 0. The fourth-order valence-electron chi connectivity index (χ4n) is 7.36. The highest BCUT2D eigenvalue weighted by Crippen LogP contribution is 2.43. The Bertz CT molecular complexity index is 1150. The number of phosphoric ester groups is 1. The number of aliphatic hydroxyl groups excluding tert-OH is 1. The normalized spacial score (nSPS) is 14.5. The summed E-state index contributed by atoms with van der Waals surface area (Å²) in [7, 11) is 1.54. The molecule has 364 valence electrons. The van der Waals surface area contributed by atoms with Crippen LogP contribution in [-0.4, -0.2) is 73.4 Å². The number of hydrogen-bond donors (Lipinski definition) is 3. The van der Waals surface area contributed by atoms with E-state index in [1.807, 2.05) is 27.2 Å². The van der Waals surface area contributed by atoms with E-state index in [-0.39, 0.29) is 19.1 Å². The van der Waals surface area contributed by atoms with Gasteiger partial charge in [0.05, 0.1) is 39.9 Å². The Morgan fingerprint density at radius 3 is 1.29 bits per heavy atom. The van der Waals surface area contributed by atoms with Gasteiger partial charge in [-0.05, 0) is 70.6 Å². The van der Waals surface area contributed by atoms with Crippen molar-refractivity contribution in [1.29, 1.82) is 0 Å². The molecule has 62 heavy (non-hydrogen) atoms. The second kappa shape index (κ2) is 44.7. The lowest BCUT2D eigenvalue weighted by atomic mass is 10.0. The average molecular weight is 894 g/mol. The number of aliphatic hydroxyl groups is 1. The number of carbonyl (C=O) groups excluding carboxylic acids is 1. The topological polar surface area (TPSA) is 105 Å². The van der Waals surface area contributed by atoms with Crippen LogP contribution < -0.4 is 5.32 Å². The molecule has 0 aliphatic heterocycles. The minimum Gasteiger partial charge on any atom is -0.387 e. The molecule has 0 aliphatic rings. The summed E-state index contributed by atoms with van der Waals surface area (Å²) in [4.78, 5) is 23.2. The first-order valence-corrected chi connectivity index (χ1v) is 27.5. The smallest absolute Gasteiger partial charge is 0.387 e. The zero-order valence-electron chi connectivity index (χ0n) is 41.4. The van der Waals surface area contributed by atoms with Gasteiger partial charge in [-0.1, -0.05) is 204 Å². The Morgan fingerprint density at radius 1 is 0.532 bits per heavy atom. The highest BCUT2D eigenvalue weighted by Gasteiger charge is 2.27. The monoisotopic (exact) mass is 894 g/mol. The SMILES string of the molecule is CCCCCCCC/C=C\CCCCCCCCCC(=O)NC(COP(=O)(O)OCC[N+](C)(C)C)C(O)/C=C/CC/C=C/CC/C=C/CCCCCCCCCCCCCCC. The molecule has 0 saturated carbocycles. The van der Waals surface area contributed by atoms with Crippen LogP contribution in [0, 0.1) is 0 Å². The van der Waals surface area contributed by atoms with Gasteiger partial charge in [-0.25, -0.2) is 4.57 Å². The third kappa shape index (κ3) is 46.5. The summed E-state index contributed by atoms with van der Waals surface area (Å²) in [6.45, 7) is 4.79. The Kier molecular flexibility index (Phi) is 43.5. The van der Waals surface area contributed by atoms with Crippen LogP contribution in [0.2, 0.25) is 0 Å². The summed E-state index contributed by atoms with van der Waals surface area (Å²) in [5.74, 6) is -0.196. The molecule has 1 amide bonds. The first kappa shape index (κ1) is 60.5. The molecule has 0 heterocycles. The van der Waals surface area contributed by atoms with E-state index in [0.29, 0.717) is 17.4 Å². The molecule has 0 fully saturated rings. The molecule has 3 atom stereocenters. The molecular weight excluding hydrogens is 792 g/mol. The van der Waals surface area contributed by atoms with Crippen LogP contribution in [0.3, 0.4) is 0 Å². The average Bonchev–Trinajstić information content (AvgIpc) is 3.23. The van der Waals surface area contributed by atoms with Crippen LogP contribution in [0.1, 0.15) is 232 Å². The lowest BCUT2D eigenvalue weighted by molar-refractivity contribution is -0.870. The second-order valence-corrected chi connectivity index (χ2v) is 20.3. The summed E-state index contributed by atoms with van der Waals surface area (Å²) >= 11 is 0. The van der Waals surface area contributed by atoms with Crippen LogP contribution in [0.4, 0.5) is 0 Å². The minimum absolute atomic E-state index is 0.0520. The number of allylic oxidation sites excluding steroid dienone is 7. The zero-order chi connectivity index (χ0) is 45.7. The molecule has 0 radical (unpaired) electrons. The third-order valence-electron chi connectivity index (χ3n) is 11.5. The number of unbranched alkanes of at least 4 members (excludes halogenated alkanes) is 28. The van der Waals surface area contributed by atoms with Gasteiger partial charge in [-0.2, -0.15) is 0 Å². The van der Waals surface area contributed by atoms with Crippen LogP contribution in [-0.2, 0) is 18.4 Å². The minimum atomic E-state index is -4.36. The lowest BCUT2D eigenvalue weighted by Crippen LogP contribution is -2.45. The largest absolute Gasteiger partial charge is 0.472 e. The van der Waals surface area contributed by atoms with Crippen LogP contribution in [0.25, 0.3) is 0 Å². The summed E-state index contributed by atoms with van der Waals surface area (Å²) in [5, 5.41) is 13.9. The van der Waals surface area contributed by atoms with Crippen molar-refractivity contribution in [1.82, 2.24) is 5.32 Å². The van der Waals surface area contributed by atoms with Gasteiger partial charge in [0.1, 0.15) is 13.2 Å². The van der Waals surface area contributed by atoms with Crippen LogP contribution in [0.15, 0.2) is 48.6 Å². The van der Waals surface area contributed by atoms with Crippen molar-refractivity contribution < 1.29 is 32.9 Å². The van der Waals surface area contributed by atoms with E-state index in [9.17, 15) is 19.4 Å². The maximum absolute atomic E-state index is 12.9. The predicted molar refractivity (Wildman–Crippen MR) is 267 cm³/mol. The van der Waals surface area contributed by atoms with E-state index < -0.39 is 20.0 Å². The number of nitrogens with one attached hydrogen (secondary N) is 1. The fraction of sp³-hybridized carbons (Fsp3) is 0.830. The maximum atomic E-state index is 12.9. The number of likely N-dealkylation sites (N-methyl/N-ethyl adjacent to an activating group) is 1. The van der Waals surface area contributed by atoms with E-state index >= 15 is 0 Å². The molecule has 0 aliphatic carbocycles. The van der Waals surface area contributed by atoms with Crippen molar-refractivity contribution in [2.24, 2.45) is 0 Å². The molecule has 0 saturated heterocycles. The number of hydrogen-bond acceptors (Lipinski definition) is 5. The zero-order valence-corrected chi connectivity index (χ0v) is 42.3. The third-order valence-corrected chi connectivity index (χ3v) is 12.5. The molecule has 0 spiro atoms. The molecule has 3 unspecified atom stereocenters. The van der Waals surface area contributed by atoms with Crippen molar-refractivity contribution >= 4 is 13.7 Å². The first-order valence-electron chi connectivity index (χ1n) is 26.0. The Hall–Kier alpha value is -1.54. The van der Waals surface area contributed by atoms with Gasteiger partial charge in [0, 0.05) is 6.42 Å². The summed E-state index contributed by atoms with van der Waals surface area (Å²) < 4.78 is 23.6. The Balaban J connectivity index is 4.38. The van der Waals surface area contributed by atoms with E-state index in [2.05, 4.69) is 55.6 Å². The first-order chi connectivity index (χ1) is 30.0. The highest BCUT2D eigenvalue weighted by molar-refractivity contribution is 7.47. The van der Waals surface area contributed by atoms with Crippen molar-refractivity contribution in [3.05, 3.63) is 48.6 Å². The van der Waals surface area contributed by atoms with Crippen molar-refractivity contribution in [2.45, 2.75) is 244 Å². The molecule has 8 nitrogen and oxygen atoms in total. The van der Waals surface area contributed by atoms with Gasteiger partial charge >= 0.3 is 7.82 Å². The second-order valence-electron chi connectivity index (χ2n) is 18.9. The highest BCUT2D eigenvalue weighted by atomic mass is 31.2. The number of rotatable bonds is 47. The number of carbonyl (C=O) groups is 1. The van der Waals surface area contributed by atoms with Crippen molar-refractivity contribution in [3.8, 4) is 0 Å². The summed E-state index contributed by atoms with van der Waals surface area (Å²) in [6, 6.07) is -0.872. The molecule has 9 heteroatoms. The van der Waals surface area contributed by atoms with E-state index in [1.54, 1.807) is 6.08 Å². The molecule has 0 aromatic heterocycles. The van der Waals surface area contributed by atoms with Gasteiger partial charge in [0.2, 0.25) is 5.91 Å². The standard InChI is InChI=1S/C53H101N2O6P/c1-6-8-10-12-14-16-18-20-22-24-25-26-27-28-29-31-32-34-36-38-40-42-44-46-52(56)51(50-61-62(58,59)60-49-48-55(3,4)5)54-53(57)47-45-43-41-39-37-35-33-30-23-21-19-17-15-13-11-9-7-2/h21,23,29,31,36,38,44,46,51-52,56H,6-20,22,24-28,30,32-35,37,39-43,45,47-50H2,1-5H3,(H-,54,57,58,59)/p+1/b23-21-,31-29+,38-36+,46-44+. The van der Waals surface area contributed by atoms with Gasteiger partial charge in [-0.15, -0.1) is 0 Å². The Labute approximate surface area is 384 Å². The number of quaternary nitrogens is 1. The fourth-order valence-corrected chi connectivity index (χ4v) is 8.10. The number of phosphoric acid groups is 1. The molecular formula is C53H102N2O6P+. The molecule has 0 aromatic carbocycles. The van der Waals surface area contributed by atoms with E-state index in [0.717, 1.165) is 44.9 Å². The number of nitrogens with zero attached hydrogens (tertiary/aromatic N) is 1. The van der Waals surface area contributed by atoms with Gasteiger partial charge < -0.3 is 19.8 Å². The van der Waals surface area contributed by atoms with Crippen molar-refractivity contribution in [2.75, 3.05) is 40.9 Å². The maximum Gasteiger partial charge on any atom is 0.472 e. The van der Waals surface area contributed by atoms with Gasteiger partial charge in [0.25, 0.3) is 0 Å². The van der Waals surface area contributed by atoms with Gasteiger partial charge in [0.15, 0.2) is 0 Å². The van der Waals surface area contributed by atoms with Gasteiger partial charge in [-0.3, -0.25) is 13.8 Å². The van der Waals surface area contributed by atoms with Crippen LogP contribution in [0.5, 0.6) is 0 Å². The molecule has 3 N–H and O–H groups in total. The molecule has 0 aromatic rings. The van der Waals surface area contributed by atoms with E-state index in [1.165, 1.54) is 167 Å². The van der Waals surface area contributed by atoms with Crippen LogP contribution >= 0.6 is 7.82 Å². The van der Waals surface area contributed by atoms with E-state index in [4.69, 9.17) is 9.05 Å². The quantitative estimate of drug-likeness (QED) is 0.0243. The lowest BCUT2D eigenvalue weighted by Gasteiger charge is -2.25. The predicted octanol–water partition coefficient (Wildman–Crippen LogP) is 15.2. The Morgan fingerprint density at radius 2 is 0.887 bits per heavy atom.